The van der Waals surface area contributed by atoms with E-state index in [0.717, 1.165) is 6.42 Å². The summed E-state index contributed by atoms with van der Waals surface area (Å²) in [6, 6.07) is 3.38. The van der Waals surface area contributed by atoms with E-state index in [2.05, 4.69) is 0 Å². The first-order valence-corrected chi connectivity index (χ1v) is 5.88. The second kappa shape index (κ2) is 5.44. The van der Waals surface area contributed by atoms with E-state index in [1.807, 2.05) is 0 Å². The smallest absolute Gasteiger partial charge is 0.323 e. The molecule has 0 bridgehead atoms. The van der Waals surface area contributed by atoms with Crippen LogP contribution in [0.15, 0.2) is 18.2 Å². The number of hydrogen-bond donors (Lipinski definition) is 0. The predicted molar refractivity (Wildman–Crippen MR) is 61.8 cm³/mol. The van der Waals surface area contributed by atoms with E-state index in [9.17, 15) is 13.6 Å². The number of benzene rings is 1. The molecule has 0 aliphatic carbocycles. The average Bonchev–Trinajstić information content (AvgIpc) is 2.81. The van der Waals surface area contributed by atoms with Crippen molar-refractivity contribution in [2.24, 2.45) is 0 Å². The Kier molecular flexibility index (Phi) is 3.91. The summed E-state index contributed by atoms with van der Waals surface area (Å²) in [4.78, 5) is 13.3. The summed E-state index contributed by atoms with van der Waals surface area (Å²) in [6.07, 6.45) is 1.50. The number of methoxy groups -OCH3 is 1. The molecule has 1 unspecified atom stereocenters. The lowest BCUT2D eigenvalue weighted by molar-refractivity contribution is -0.146. The van der Waals surface area contributed by atoms with Crippen LogP contribution in [0, 0.1) is 11.6 Å². The van der Waals surface area contributed by atoms with Gasteiger partial charge in [0.25, 0.3) is 0 Å². The number of carbonyl (C=O) groups is 1. The molecule has 0 saturated carbocycles. The Bertz CT molecular complexity index is 430. The molecule has 1 aromatic rings. The van der Waals surface area contributed by atoms with Crippen LogP contribution in [0.5, 0.6) is 0 Å². The van der Waals surface area contributed by atoms with E-state index in [-0.39, 0.29) is 18.1 Å². The zero-order valence-electron chi connectivity index (χ0n) is 10.2. The third-order valence-corrected chi connectivity index (χ3v) is 3.26. The maximum atomic E-state index is 13.5. The Morgan fingerprint density at radius 3 is 2.72 bits per heavy atom. The molecule has 3 nitrogen and oxygen atoms in total. The van der Waals surface area contributed by atoms with Gasteiger partial charge in [-0.3, -0.25) is 9.69 Å². The topological polar surface area (TPSA) is 29.5 Å². The van der Waals surface area contributed by atoms with Crippen molar-refractivity contribution in [3.05, 3.63) is 35.4 Å². The molecular formula is C13H15F2NO2. The molecule has 1 saturated heterocycles. The number of nitrogens with zero attached hydrogens (tertiary/aromatic N) is 1. The number of likely N-dealkylation sites (tertiary alicyclic amines) is 1. The van der Waals surface area contributed by atoms with E-state index < -0.39 is 17.7 Å². The Labute approximate surface area is 104 Å². The first-order valence-electron chi connectivity index (χ1n) is 5.88. The molecular weight excluding hydrogens is 240 g/mol. The van der Waals surface area contributed by atoms with E-state index >= 15 is 0 Å². The van der Waals surface area contributed by atoms with Crippen LogP contribution < -0.4 is 0 Å². The SMILES string of the molecule is COC(=O)C1CCCN1Cc1c(F)cccc1F. The van der Waals surface area contributed by atoms with Crippen LogP contribution in [0.1, 0.15) is 18.4 Å². The van der Waals surface area contributed by atoms with Crippen LogP contribution in [0.4, 0.5) is 8.78 Å². The van der Waals surface area contributed by atoms with E-state index in [1.165, 1.54) is 25.3 Å². The van der Waals surface area contributed by atoms with Crippen molar-refractivity contribution in [2.45, 2.75) is 25.4 Å². The minimum Gasteiger partial charge on any atom is -0.468 e. The first-order chi connectivity index (χ1) is 8.63. The zero-order valence-corrected chi connectivity index (χ0v) is 10.2. The zero-order chi connectivity index (χ0) is 13.1. The van der Waals surface area contributed by atoms with Crippen LogP contribution >= 0.6 is 0 Å². The van der Waals surface area contributed by atoms with Crippen molar-refractivity contribution >= 4 is 5.97 Å². The predicted octanol–water partition coefficient (Wildman–Crippen LogP) is 2.10. The number of rotatable bonds is 3. The van der Waals surface area contributed by atoms with Crippen molar-refractivity contribution in [2.75, 3.05) is 13.7 Å². The lowest BCUT2D eigenvalue weighted by Crippen LogP contribution is -2.36. The maximum Gasteiger partial charge on any atom is 0.323 e. The van der Waals surface area contributed by atoms with Gasteiger partial charge in [-0.05, 0) is 31.5 Å². The highest BCUT2D eigenvalue weighted by Gasteiger charge is 2.32. The third-order valence-electron chi connectivity index (χ3n) is 3.26. The number of carbonyl (C=O) groups excluding carboxylic acids is 1. The van der Waals surface area contributed by atoms with Gasteiger partial charge in [-0.25, -0.2) is 8.78 Å². The van der Waals surface area contributed by atoms with Crippen molar-refractivity contribution < 1.29 is 18.3 Å². The Morgan fingerprint density at radius 1 is 1.44 bits per heavy atom. The van der Waals surface area contributed by atoms with Gasteiger partial charge in [0, 0.05) is 12.1 Å². The van der Waals surface area contributed by atoms with Gasteiger partial charge in [0.2, 0.25) is 0 Å². The van der Waals surface area contributed by atoms with Gasteiger partial charge in [0.05, 0.1) is 7.11 Å². The largest absolute Gasteiger partial charge is 0.468 e. The minimum atomic E-state index is -0.578. The standard InChI is InChI=1S/C13H15F2NO2/c1-18-13(17)12-6-3-7-16(12)8-9-10(14)4-2-5-11(9)15/h2,4-5,12H,3,6-8H2,1H3. The van der Waals surface area contributed by atoms with E-state index in [4.69, 9.17) is 4.74 Å². The van der Waals surface area contributed by atoms with Crippen LogP contribution in [0.25, 0.3) is 0 Å². The normalized spacial score (nSPS) is 20.1. The minimum absolute atomic E-state index is 0.00769. The second-order valence-electron chi connectivity index (χ2n) is 4.35. The van der Waals surface area contributed by atoms with Crippen LogP contribution in [-0.4, -0.2) is 30.6 Å². The highest BCUT2D eigenvalue weighted by atomic mass is 19.1. The van der Waals surface area contributed by atoms with Crippen molar-refractivity contribution in [3.63, 3.8) is 0 Å². The molecule has 98 valence electrons. The Hall–Kier alpha value is -1.49. The van der Waals surface area contributed by atoms with E-state index in [1.54, 1.807) is 4.90 Å². The summed E-state index contributed by atoms with van der Waals surface area (Å²) in [6.45, 7) is 0.742. The molecule has 0 aromatic heterocycles. The van der Waals surface area contributed by atoms with Gasteiger partial charge in [-0.1, -0.05) is 6.07 Å². The van der Waals surface area contributed by atoms with E-state index in [0.29, 0.717) is 13.0 Å². The molecule has 1 aliphatic rings. The van der Waals surface area contributed by atoms with Gasteiger partial charge in [-0.2, -0.15) is 0 Å². The fraction of sp³-hybridized carbons (Fsp3) is 0.462. The van der Waals surface area contributed by atoms with Gasteiger partial charge in [0.1, 0.15) is 17.7 Å². The highest BCUT2D eigenvalue weighted by molar-refractivity contribution is 5.75. The van der Waals surface area contributed by atoms with Crippen molar-refractivity contribution in [1.29, 1.82) is 0 Å². The second-order valence-corrected chi connectivity index (χ2v) is 4.35. The van der Waals surface area contributed by atoms with Gasteiger partial charge in [-0.15, -0.1) is 0 Å². The molecule has 18 heavy (non-hydrogen) atoms. The molecule has 1 heterocycles. The molecule has 0 amide bonds. The van der Waals surface area contributed by atoms with Gasteiger partial charge in [0.15, 0.2) is 0 Å². The summed E-state index contributed by atoms with van der Waals surface area (Å²) in [5, 5.41) is 0. The van der Waals surface area contributed by atoms with Crippen LogP contribution in [-0.2, 0) is 16.1 Å². The molecule has 1 aromatic carbocycles. The molecule has 2 rings (SSSR count). The Balaban J connectivity index is 2.16. The molecule has 0 N–H and O–H groups in total. The average molecular weight is 255 g/mol. The monoisotopic (exact) mass is 255 g/mol. The third kappa shape index (κ3) is 2.51. The maximum absolute atomic E-state index is 13.5. The van der Waals surface area contributed by atoms with Crippen LogP contribution in [0.3, 0.4) is 0 Å². The molecule has 0 spiro atoms. The Morgan fingerprint density at radius 2 is 2.11 bits per heavy atom. The van der Waals surface area contributed by atoms with Gasteiger partial charge >= 0.3 is 5.97 Å². The number of esters is 1. The summed E-state index contributed by atoms with van der Waals surface area (Å²) in [5.74, 6) is -1.50. The molecule has 1 fully saturated rings. The summed E-state index contributed by atoms with van der Waals surface area (Å²) < 4.78 is 31.8. The number of hydrogen-bond acceptors (Lipinski definition) is 3. The number of ether oxygens (including phenoxy) is 1. The lowest BCUT2D eigenvalue weighted by atomic mass is 10.1. The summed E-state index contributed by atoms with van der Waals surface area (Å²) >= 11 is 0. The fourth-order valence-electron chi connectivity index (χ4n) is 2.30. The van der Waals surface area contributed by atoms with Gasteiger partial charge < -0.3 is 4.74 Å². The highest BCUT2D eigenvalue weighted by Crippen LogP contribution is 2.23. The number of halogens is 2. The quantitative estimate of drug-likeness (QED) is 0.775. The fourth-order valence-corrected chi connectivity index (χ4v) is 2.30. The molecule has 1 aliphatic heterocycles. The molecule has 0 radical (unpaired) electrons. The molecule has 1 atom stereocenters. The van der Waals surface area contributed by atoms with Crippen LogP contribution in [0.2, 0.25) is 0 Å². The first kappa shape index (κ1) is 13.0. The lowest BCUT2D eigenvalue weighted by Gasteiger charge is -2.22. The molecule has 5 heteroatoms. The summed E-state index contributed by atoms with van der Waals surface area (Å²) in [5.41, 5.74) is 0.00769. The summed E-state index contributed by atoms with van der Waals surface area (Å²) in [7, 11) is 1.32. The van der Waals surface area contributed by atoms with Crippen molar-refractivity contribution in [3.8, 4) is 0 Å². The van der Waals surface area contributed by atoms with Crippen molar-refractivity contribution in [1.82, 2.24) is 4.90 Å².